The number of ether oxygens (including phenoxy) is 2. The fourth-order valence-corrected chi connectivity index (χ4v) is 7.31. The molecule has 4 N–H and O–H groups in total. The third kappa shape index (κ3) is 5.99. The van der Waals surface area contributed by atoms with Gasteiger partial charge in [-0.25, -0.2) is 13.4 Å². The van der Waals surface area contributed by atoms with E-state index in [9.17, 15) is 22.8 Å². The van der Waals surface area contributed by atoms with Crippen LogP contribution in [-0.2, 0) is 24.4 Å². The number of nitrogens with two attached hydrogens (primary N) is 1. The van der Waals surface area contributed by atoms with Crippen molar-refractivity contribution in [2.75, 3.05) is 13.7 Å². The lowest BCUT2D eigenvalue weighted by atomic mass is 9.86. The van der Waals surface area contributed by atoms with Gasteiger partial charge < -0.3 is 25.4 Å². The number of hydrogen-bond acceptors (Lipinski definition) is 9. The summed E-state index contributed by atoms with van der Waals surface area (Å²) in [6.07, 6.45) is 4.58. The molecule has 5 unspecified atom stereocenters. The smallest absolute Gasteiger partial charge is 0.259 e. The second kappa shape index (κ2) is 11.7. The normalized spacial score (nSPS) is 25.9. The maximum atomic E-state index is 13.9. The summed E-state index contributed by atoms with van der Waals surface area (Å²) in [5.41, 5.74) is 4.28. The first kappa shape index (κ1) is 31.7. The number of carbonyl (C=O) groups is 3. The zero-order valence-electron chi connectivity index (χ0n) is 25.5. The van der Waals surface area contributed by atoms with E-state index < -0.39 is 68.1 Å². The second-order valence-electron chi connectivity index (χ2n) is 13.1. The summed E-state index contributed by atoms with van der Waals surface area (Å²) in [6, 6.07) is 5.38. The van der Waals surface area contributed by atoms with Crippen molar-refractivity contribution in [1.29, 1.82) is 0 Å². The van der Waals surface area contributed by atoms with Crippen molar-refractivity contribution in [3.8, 4) is 11.6 Å². The average Bonchev–Trinajstić information content (AvgIpc) is 3.49. The molecule has 44 heavy (non-hydrogen) atoms. The van der Waals surface area contributed by atoms with E-state index in [1.165, 1.54) is 11.0 Å². The highest BCUT2D eigenvalue weighted by Crippen LogP contribution is 2.45. The van der Waals surface area contributed by atoms with E-state index >= 15 is 0 Å². The zero-order valence-corrected chi connectivity index (χ0v) is 26.4. The molecule has 2 saturated carbocycles. The summed E-state index contributed by atoms with van der Waals surface area (Å²) in [7, 11) is -2.29. The first-order valence-electron chi connectivity index (χ1n) is 14.9. The Kier molecular flexibility index (Phi) is 8.40. The van der Waals surface area contributed by atoms with Crippen molar-refractivity contribution in [2.45, 2.75) is 81.9 Å². The summed E-state index contributed by atoms with van der Waals surface area (Å²) in [5, 5.41) is 3.75. The largest absolute Gasteiger partial charge is 0.497 e. The topological polar surface area (TPSA) is 170 Å². The Morgan fingerprint density at radius 2 is 1.95 bits per heavy atom. The highest BCUT2D eigenvalue weighted by atomic mass is 32.2. The second-order valence-corrected chi connectivity index (χ2v) is 15.0. The molecule has 1 aromatic heterocycles. The van der Waals surface area contributed by atoms with Gasteiger partial charge in [-0.3, -0.25) is 19.1 Å². The van der Waals surface area contributed by atoms with Crippen LogP contribution in [0, 0.1) is 11.3 Å². The van der Waals surface area contributed by atoms with E-state index in [0.29, 0.717) is 24.5 Å². The molecule has 1 aromatic carbocycles. The molecule has 5 rings (SSSR count). The van der Waals surface area contributed by atoms with Crippen molar-refractivity contribution < 1.29 is 32.3 Å². The van der Waals surface area contributed by atoms with Crippen LogP contribution >= 0.6 is 0 Å². The minimum Gasteiger partial charge on any atom is -0.497 e. The predicted molar refractivity (Wildman–Crippen MR) is 164 cm³/mol. The SMILES string of the molecule is C=CC1CC1(NC(=O)C1CC(Oc2nccc3cc(OC)ccc23)CN1C(=O)C(N)C(C)(C)C)C(=O)NS(=O)(=O)C1CCC1. The van der Waals surface area contributed by atoms with E-state index in [1.807, 2.05) is 39.0 Å². The van der Waals surface area contributed by atoms with Crippen LogP contribution in [0.3, 0.4) is 0 Å². The number of amides is 3. The third-order valence-electron chi connectivity index (χ3n) is 9.04. The molecule has 5 atom stereocenters. The van der Waals surface area contributed by atoms with Crippen LogP contribution in [0.1, 0.15) is 52.9 Å². The minimum absolute atomic E-state index is 0.0645. The molecule has 3 aliphatic rings. The van der Waals surface area contributed by atoms with Gasteiger partial charge in [0, 0.05) is 23.9 Å². The quantitative estimate of drug-likeness (QED) is 0.334. The monoisotopic (exact) mass is 627 g/mol. The number of nitrogens with zero attached hydrogens (tertiary/aromatic N) is 2. The van der Waals surface area contributed by atoms with E-state index in [0.717, 1.165) is 17.2 Å². The Labute approximate surface area is 257 Å². The zero-order chi connectivity index (χ0) is 32.0. The van der Waals surface area contributed by atoms with E-state index in [-0.39, 0.29) is 19.4 Å². The van der Waals surface area contributed by atoms with E-state index in [2.05, 4.69) is 21.6 Å². The van der Waals surface area contributed by atoms with Gasteiger partial charge in [-0.15, -0.1) is 6.58 Å². The molecule has 3 amide bonds. The number of hydrogen-bond donors (Lipinski definition) is 3. The van der Waals surface area contributed by atoms with Crippen LogP contribution in [0.25, 0.3) is 10.8 Å². The Morgan fingerprint density at radius 3 is 2.55 bits per heavy atom. The number of aromatic nitrogens is 1. The third-order valence-corrected chi connectivity index (χ3v) is 10.9. The molecular formula is C31H41N5O7S. The molecule has 2 aromatic rings. The van der Waals surface area contributed by atoms with Gasteiger partial charge in [-0.05, 0) is 54.3 Å². The van der Waals surface area contributed by atoms with Crippen molar-refractivity contribution >= 4 is 38.5 Å². The Hall–Kier alpha value is -3.71. The number of fused-ring (bicyclic) bond motifs is 1. The molecule has 2 aliphatic carbocycles. The number of likely N-dealkylation sites (tertiary alicyclic amines) is 1. The lowest BCUT2D eigenvalue weighted by Crippen LogP contribution is -2.59. The van der Waals surface area contributed by atoms with Gasteiger partial charge >= 0.3 is 0 Å². The molecule has 13 heteroatoms. The van der Waals surface area contributed by atoms with E-state index in [4.69, 9.17) is 15.2 Å². The summed E-state index contributed by atoms with van der Waals surface area (Å²) in [4.78, 5) is 46.7. The highest BCUT2D eigenvalue weighted by Gasteiger charge is 2.61. The van der Waals surface area contributed by atoms with Crippen molar-refractivity contribution in [2.24, 2.45) is 17.1 Å². The first-order valence-corrected chi connectivity index (χ1v) is 16.4. The minimum atomic E-state index is -3.87. The van der Waals surface area contributed by atoms with Gasteiger partial charge in [0.05, 0.1) is 24.9 Å². The van der Waals surface area contributed by atoms with Crippen molar-refractivity contribution in [3.63, 3.8) is 0 Å². The van der Waals surface area contributed by atoms with Gasteiger partial charge in [0.1, 0.15) is 23.4 Å². The van der Waals surface area contributed by atoms with Gasteiger partial charge in [0.2, 0.25) is 27.7 Å². The number of sulfonamides is 1. The van der Waals surface area contributed by atoms with Crippen LogP contribution < -0.4 is 25.2 Å². The maximum Gasteiger partial charge on any atom is 0.259 e. The standard InChI is InChI=1S/C31H41N5O7S/c1-6-19-16-31(19,29(39)35-44(40,41)22-8-7-9-22)34-26(37)24-15-21(17-36(24)28(38)25(32)30(2,3)4)43-27-23-11-10-20(42-5)14-18(23)12-13-33-27/h6,10-14,19,21-22,24-25H,1,7-9,15-17,32H2,2-5H3,(H,34,37)(H,35,39). The lowest BCUT2D eigenvalue weighted by Gasteiger charge is -2.33. The summed E-state index contributed by atoms with van der Waals surface area (Å²) < 4.78 is 39.3. The number of carbonyl (C=O) groups excluding carboxylic acids is 3. The number of benzene rings is 1. The summed E-state index contributed by atoms with van der Waals surface area (Å²) in [5.74, 6) is -1.27. The molecule has 1 aliphatic heterocycles. The van der Waals surface area contributed by atoms with Crippen LogP contribution in [0.4, 0.5) is 0 Å². The molecule has 2 heterocycles. The van der Waals surface area contributed by atoms with Crippen molar-refractivity contribution in [3.05, 3.63) is 43.1 Å². The Balaban J connectivity index is 1.39. The van der Waals surface area contributed by atoms with E-state index in [1.54, 1.807) is 19.4 Å². The number of pyridine rings is 1. The molecule has 0 radical (unpaired) electrons. The molecule has 238 valence electrons. The molecule has 12 nitrogen and oxygen atoms in total. The van der Waals surface area contributed by atoms with Crippen LogP contribution in [0.15, 0.2) is 43.1 Å². The first-order chi connectivity index (χ1) is 20.7. The maximum absolute atomic E-state index is 13.9. The molecular weight excluding hydrogens is 586 g/mol. The van der Waals surface area contributed by atoms with Gasteiger partial charge in [-0.2, -0.15) is 0 Å². The lowest BCUT2D eigenvalue weighted by molar-refractivity contribution is -0.142. The average molecular weight is 628 g/mol. The van der Waals surface area contributed by atoms with Crippen LogP contribution in [-0.4, -0.2) is 78.7 Å². The van der Waals surface area contributed by atoms with Gasteiger partial charge in [0.15, 0.2) is 0 Å². The number of methoxy groups -OCH3 is 1. The molecule has 3 fully saturated rings. The summed E-state index contributed by atoms with van der Waals surface area (Å²) >= 11 is 0. The van der Waals surface area contributed by atoms with Crippen LogP contribution in [0.5, 0.6) is 11.6 Å². The fourth-order valence-electron chi connectivity index (χ4n) is 5.75. The van der Waals surface area contributed by atoms with Crippen LogP contribution in [0.2, 0.25) is 0 Å². The van der Waals surface area contributed by atoms with Crippen molar-refractivity contribution in [1.82, 2.24) is 19.9 Å². The summed E-state index contributed by atoms with van der Waals surface area (Å²) in [6.45, 7) is 9.33. The Bertz CT molecular complexity index is 1590. The molecule has 1 saturated heterocycles. The van der Waals surface area contributed by atoms with Gasteiger partial charge in [0.25, 0.3) is 5.91 Å². The Morgan fingerprint density at radius 1 is 1.23 bits per heavy atom. The number of rotatable bonds is 10. The van der Waals surface area contributed by atoms with Gasteiger partial charge in [-0.1, -0.05) is 33.3 Å². The molecule has 0 bridgehead atoms. The fraction of sp³-hybridized carbons (Fsp3) is 0.548. The molecule has 0 spiro atoms. The highest BCUT2D eigenvalue weighted by molar-refractivity contribution is 7.90. The number of nitrogens with one attached hydrogen (secondary N) is 2. The predicted octanol–water partition coefficient (Wildman–Crippen LogP) is 2.02.